The van der Waals surface area contributed by atoms with Crippen molar-refractivity contribution in [2.24, 2.45) is 5.41 Å². The molecule has 1 saturated heterocycles. The van der Waals surface area contributed by atoms with Crippen LogP contribution in [0.1, 0.15) is 57.8 Å². The van der Waals surface area contributed by atoms with Gasteiger partial charge in [-0.15, -0.1) is 0 Å². The zero-order chi connectivity index (χ0) is 15.3. The van der Waals surface area contributed by atoms with Gasteiger partial charge < -0.3 is 5.11 Å². The number of carboxylic acids is 1. The molecule has 0 aromatic heterocycles. The van der Waals surface area contributed by atoms with Crippen molar-refractivity contribution in [2.45, 2.75) is 57.8 Å². The molecule has 1 saturated carbocycles. The van der Waals surface area contributed by atoms with Crippen molar-refractivity contribution in [1.82, 2.24) is 9.03 Å². The molecule has 7 heteroatoms. The predicted octanol–water partition coefficient (Wildman–Crippen LogP) is 1.73. The van der Waals surface area contributed by atoms with Crippen LogP contribution in [-0.4, -0.2) is 43.4 Å². The second kappa shape index (κ2) is 7.07. The van der Waals surface area contributed by atoms with Gasteiger partial charge in [-0.2, -0.15) is 12.7 Å². The highest BCUT2D eigenvalue weighted by atomic mass is 32.2. The molecule has 2 N–H and O–H groups in total. The number of nitrogens with one attached hydrogen (secondary N) is 1. The smallest absolute Gasteiger partial charge is 0.303 e. The third kappa shape index (κ3) is 4.66. The molecule has 2 aliphatic rings. The van der Waals surface area contributed by atoms with Gasteiger partial charge in [-0.05, 0) is 31.1 Å². The fraction of sp³-hybridized carbons (Fsp3) is 0.929. The molecule has 1 heterocycles. The Bertz CT molecular complexity index is 452. The van der Waals surface area contributed by atoms with Gasteiger partial charge in [-0.25, -0.2) is 4.72 Å². The molecule has 0 aromatic rings. The maximum absolute atomic E-state index is 12.3. The molecular formula is C14H26N2O4S. The Morgan fingerprint density at radius 3 is 2.19 bits per heavy atom. The summed E-state index contributed by atoms with van der Waals surface area (Å²) in [4.78, 5) is 11.1. The van der Waals surface area contributed by atoms with Crippen LogP contribution < -0.4 is 4.72 Å². The van der Waals surface area contributed by atoms with Gasteiger partial charge in [0.15, 0.2) is 0 Å². The van der Waals surface area contributed by atoms with Crippen molar-refractivity contribution in [3.05, 3.63) is 0 Å². The van der Waals surface area contributed by atoms with Crippen LogP contribution in [0.5, 0.6) is 0 Å². The monoisotopic (exact) mass is 318 g/mol. The Morgan fingerprint density at radius 1 is 1.05 bits per heavy atom. The number of nitrogens with zero attached hydrogens (tertiary/aromatic N) is 1. The minimum atomic E-state index is -3.47. The van der Waals surface area contributed by atoms with Crippen molar-refractivity contribution in [1.29, 1.82) is 0 Å². The Morgan fingerprint density at radius 2 is 1.62 bits per heavy atom. The van der Waals surface area contributed by atoms with E-state index in [1.165, 1.54) is 4.31 Å². The fourth-order valence-electron chi connectivity index (χ4n) is 3.48. The van der Waals surface area contributed by atoms with Gasteiger partial charge in [0, 0.05) is 19.6 Å². The van der Waals surface area contributed by atoms with Gasteiger partial charge >= 0.3 is 5.97 Å². The average Bonchev–Trinajstić information content (AvgIpc) is 2.47. The lowest BCUT2D eigenvalue weighted by molar-refractivity contribution is -0.140. The van der Waals surface area contributed by atoms with E-state index in [-0.39, 0.29) is 13.0 Å². The van der Waals surface area contributed by atoms with E-state index in [1.54, 1.807) is 0 Å². The molecule has 21 heavy (non-hydrogen) atoms. The largest absolute Gasteiger partial charge is 0.481 e. The quantitative estimate of drug-likeness (QED) is 0.781. The van der Waals surface area contributed by atoms with Gasteiger partial charge in [0.1, 0.15) is 0 Å². The van der Waals surface area contributed by atoms with Crippen LogP contribution in [0.2, 0.25) is 0 Å². The van der Waals surface area contributed by atoms with Crippen LogP contribution in [0.25, 0.3) is 0 Å². The number of carbonyl (C=O) groups is 1. The molecule has 6 nitrogen and oxygen atoms in total. The minimum Gasteiger partial charge on any atom is -0.481 e. The molecule has 1 aliphatic heterocycles. The molecule has 0 spiro atoms. The minimum absolute atomic E-state index is 0.0511. The molecule has 2 fully saturated rings. The Hall–Kier alpha value is -0.660. The molecule has 0 unspecified atom stereocenters. The number of aliphatic carboxylic acids is 1. The van der Waals surface area contributed by atoms with Crippen LogP contribution in [0.4, 0.5) is 0 Å². The maximum atomic E-state index is 12.3. The van der Waals surface area contributed by atoms with Crippen LogP contribution in [0.3, 0.4) is 0 Å². The Kier molecular flexibility index (Phi) is 5.62. The number of carboxylic acid groups (broad SMARTS) is 1. The summed E-state index contributed by atoms with van der Waals surface area (Å²) in [5, 5.41) is 9.12. The van der Waals surface area contributed by atoms with Crippen LogP contribution in [0.15, 0.2) is 0 Å². The summed E-state index contributed by atoms with van der Waals surface area (Å²) in [5.41, 5.74) is -0.410. The first-order valence-corrected chi connectivity index (χ1v) is 9.34. The van der Waals surface area contributed by atoms with Crippen molar-refractivity contribution >= 4 is 16.2 Å². The first-order valence-electron chi connectivity index (χ1n) is 7.90. The zero-order valence-electron chi connectivity index (χ0n) is 12.5. The highest BCUT2D eigenvalue weighted by Crippen LogP contribution is 2.39. The number of hydrogen-bond donors (Lipinski definition) is 2. The van der Waals surface area contributed by atoms with E-state index in [4.69, 9.17) is 5.11 Å². The number of piperidine rings is 1. The summed E-state index contributed by atoms with van der Waals surface area (Å²) in [7, 11) is -3.47. The highest BCUT2D eigenvalue weighted by Gasteiger charge is 2.36. The van der Waals surface area contributed by atoms with E-state index in [9.17, 15) is 13.2 Å². The lowest BCUT2D eigenvalue weighted by Crippen LogP contribution is -2.48. The summed E-state index contributed by atoms with van der Waals surface area (Å²) >= 11 is 0. The standard InChI is InChI=1S/C14H26N2O4S/c17-13(18)11-14(7-3-1-4-8-14)12-15-21(19,20)16-9-5-2-6-10-16/h15H,1-12H2,(H,17,18). The molecule has 0 aromatic carbocycles. The molecule has 122 valence electrons. The number of rotatable bonds is 6. The third-order valence-electron chi connectivity index (χ3n) is 4.72. The van der Waals surface area contributed by atoms with E-state index in [1.807, 2.05) is 0 Å². The molecular weight excluding hydrogens is 292 g/mol. The Labute approximate surface area is 127 Å². The first kappa shape index (κ1) is 16.7. The zero-order valence-corrected chi connectivity index (χ0v) is 13.3. The van der Waals surface area contributed by atoms with E-state index in [0.29, 0.717) is 13.1 Å². The Balaban J connectivity index is 1.98. The highest BCUT2D eigenvalue weighted by molar-refractivity contribution is 7.87. The fourth-order valence-corrected chi connectivity index (χ4v) is 4.89. The summed E-state index contributed by atoms with van der Waals surface area (Å²) in [6.45, 7) is 1.39. The van der Waals surface area contributed by atoms with Crippen molar-refractivity contribution in [3.63, 3.8) is 0 Å². The van der Waals surface area contributed by atoms with Gasteiger partial charge in [0.2, 0.25) is 0 Å². The van der Waals surface area contributed by atoms with Crippen molar-refractivity contribution in [2.75, 3.05) is 19.6 Å². The van der Waals surface area contributed by atoms with Crippen LogP contribution in [0, 0.1) is 5.41 Å². The van der Waals surface area contributed by atoms with E-state index in [2.05, 4.69) is 4.72 Å². The van der Waals surface area contributed by atoms with E-state index < -0.39 is 21.6 Å². The molecule has 0 amide bonds. The van der Waals surface area contributed by atoms with Gasteiger partial charge in [-0.1, -0.05) is 25.7 Å². The molecule has 0 atom stereocenters. The third-order valence-corrected chi connectivity index (χ3v) is 6.28. The van der Waals surface area contributed by atoms with Crippen molar-refractivity contribution < 1.29 is 18.3 Å². The maximum Gasteiger partial charge on any atom is 0.303 e. The summed E-state index contributed by atoms with van der Waals surface area (Å²) in [5.74, 6) is -0.839. The summed E-state index contributed by atoms with van der Waals surface area (Å²) < 4.78 is 28.8. The second-order valence-corrected chi connectivity index (χ2v) is 8.17. The second-order valence-electron chi connectivity index (χ2n) is 6.42. The normalized spacial score (nSPS) is 23.8. The van der Waals surface area contributed by atoms with Crippen LogP contribution >= 0.6 is 0 Å². The molecule has 2 rings (SSSR count). The molecule has 0 radical (unpaired) electrons. The average molecular weight is 318 g/mol. The SMILES string of the molecule is O=C(O)CC1(CNS(=O)(=O)N2CCCCC2)CCCCC1. The lowest BCUT2D eigenvalue weighted by atomic mass is 9.72. The van der Waals surface area contributed by atoms with E-state index in [0.717, 1.165) is 51.4 Å². The summed E-state index contributed by atoms with van der Waals surface area (Å²) in [6.07, 6.45) is 7.61. The lowest BCUT2D eigenvalue weighted by Gasteiger charge is -2.37. The first-order chi connectivity index (χ1) is 9.94. The predicted molar refractivity (Wildman–Crippen MR) is 80.1 cm³/mol. The summed E-state index contributed by atoms with van der Waals surface area (Å²) in [6, 6.07) is 0. The van der Waals surface area contributed by atoms with Gasteiger partial charge in [-0.3, -0.25) is 4.79 Å². The van der Waals surface area contributed by atoms with Crippen molar-refractivity contribution in [3.8, 4) is 0 Å². The molecule has 1 aliphatic carbocycles. The van der Waals surface area contributed by atoms with Crippen LogP contribution in [-0.2, 0) is 15.0 Å². The van der Waals surface area contributed by atoms with E-state index >= 15 is 0 Å². The van der Waals surface area contributed by atoms with Gasteiger partial charge in [0.05, 0.1) is 6.42 Å². The number of hydrogen-bond acceptors (Lipinski definition) is 3. The van der Waals surface area contributed by atoms with Gasteiger partial charge in [0.25, 0.3) is 10.2 Å². The molecule has 0 bridgehead atoms. The topological polar surface area (TPSA) is 86.7 Å².